The molecule has 33 heavy (non-hydrogen) atoms. The quantitative estimate of drug-likeness (QED) is 0.551. The van der Waals surface area contributed by atoms with E-state index in [2.05, 4.69) is 26.4 Å². The summed E-state index contributed by atoms with van der Waals surface area (Å²) in [4.78, 5) is 4.52. The molecule has 2 bridgehead atoms. The molecule has 0 unspecified atom stereocenters. The van der Waals surface area contributed by atoms with Crippen LogP contribution in [-0.2, 0) is 11.8 Å². The van der Waals surface area contributed by atoms with Crippen molar-refractivity contribution in [3.63, 3.8) is 0 Å². The third-order valence-corrected chi connectivity index (χ3v) is 5.23. The van der Waals surface area contributed by atoms with Crippen LogP contribution in [0.3, 0.4) is 0 Å². The zero-order valence-electron chi connectivity index (χ0n) is 19.4. The van der Waals surface area contributed by atoms with Crippen molar-refractivity contribution >= 4 is 22.9 Å². The number of nitrogens with one attached hydrogen (secondary N) is 1. The molecule has 0 fully saturated rings. The third-order valence-electron chi connectivity index (χ3n) is 5.23. The number of nitrogens with zero attached hydrogens (tertiary/aromatic N) is 4. The van der Waals surface area contributed by atoms with Crippen LogP contribution in [-0.4, -0.2) is 56.3 Å². The molecule has 0 spiro atoms. The van der Waals surface area contributed by atoms with Gasteiger partial charge in [0.1, 0.15) is 0 Å². The van der Waals surface area contributed by atoms with E-state index in [1.54, 1.807) is 31.6 Å². The monoisotopic (exact) mass is 450 g/mol. The van der Waals surface area contributed by atoms with Crippen molar-refractivity contribution in [2.75, 3.05) is 19.8 Å². The van der Waals surface area contributed by atoms with Crippen LogP contribution in [0.5, 0.6) is 5.88 Å². The fraction of sp³-hybridized carbons (Fsp3) is 0.375. The summed E-state index contributed by atoms with van der Waals surface area (Å²) in [5.41, 5.74) is 10.0. The number of benzene rings is 1. The number of rotatable bonds is 2. The number of aliphatic hydroxyl groups is 1. The fourth-order valence-corrected chi connectivity index (χ4v) is 3.53. The number of nitrogens with two attached hydrogens (primary N) is 1. The minimum atomic E-state index is -0.973. The molecule has 0 atom stereocenters. The first-order valence-electron chi connectivity index (χ1n) is 10.9. The molecule has 0 saturated carbocycles. The van der Waals surface area contributed by atoms with E-state index in [9.17, 15) is 5.11 Å². The lowest BCUT2D eigenvalue weighted by molar-refractivity contribution is 0.0895. The highest BCUT2D eigenvalue weighted by molar-refractivity contribution is 5.99. The van der Waals surface area contributed by atoms with Gasteiger partial charge in [-0.05, 0) is 50.6 Å². The maximum absolute atomic E-state index is 10.2. The predicted octanol–water partition coefficient (Wildman–Crippen LogP) is 3.18. The first-order valence-corrected chi connectivity index (χ1v) is 10.9. The molecule has 0 amide bonds. The van der Waals surface area contributed by atoms with Crippen molar-refractivity contribution in [3.8, 4) is 17.0 Å². The Labute approximate surface area is 192 Å². The normalized spacial score (nSPS) is 18.9. The van der Waals surface area contributed by atoms with Gasteiger partial charge in [0.15, 0.2) is 0 Å². The van der Waals surface area contributed by atoms with E-state index in [1.807, 2.05) is 31.3 Å². The molecule has 0 radical (unpaired) electrons. The summed E-state index contributed by atoms with van der Waals surface area (Å²) in [7, 11) is 1.86. The summed E-state index contributed by atoms with van der Waals surface area (Å²) in [6, 6.07) is 6.05. The highest BCUT2D eigenvalue weighted by Crippen LogP contribution is 2.32. The lowest BCUT2D eigenvalue weighted by atomic mass is 10.0. The van der Waals surface area contributed by atoms with Gasteiger partial charge in [0, 0.05) is 24.6 Å². The number of H-pyrrole nitrogens is 1. The van der Waals surface area contributed by atoms with Crippen molar-refractivity contribution < 1.29 is 14.6 Å². The number of aliphatic imine (C=N–C) groups is 1. The van der Waals surface area contributed by atoms with E-state index in [1.165, 1.54) is 0 Å². The van der Waals surface area contributed by atoms with Crippen molar-refractivity contribution in [2.24, 2.45) is 17.8 Å². The smallest absolute Gasteiger partial charge is 0.219 e. The minimum absolute atomic E-state index is 0.179. The summed E-state index contributed by atoms with van der Waals surface area (Å²) in [6.07, 6.45) is 6.22. The first kappa shape index (κ1) is 22.6. The van der Waals surface area contributed by atoms with E-state index < -0.39 is 5.60 Å². The summed E-state index contributed by atoms with van der Waals surface area (Å²) in [5, 5.41) is 23.0. The van der Waals surface area contributed by atoms with Crippen LogP contribution in [0.2, 0.25) is 0 Å². The van der Waals surface area contributed by atoms with Crippen molar-refractivity contribution in [2.45, 2.75) is 32.8 Å². The minimum Gasteiger partial charge on any atom is -0.477 e. The van der Waals surface area contributed by atoms with Gasteiger partial charge in [-0.15, -0.1) is 0 Å². The predicted molar refractivity (Wildman–Crippen MR) is 129 cm³/mol. The van der Waals surface area contributed by atoms with Crippen LogP contribution < -0.4 is 10.5 Å². The molecular formula is C24H30N6O3. The number of hydrogen-bond donors (Lipinski definition) is 3. The molecule has 3 heterocycles. The number of aromatic amines is 1. The van der Waals surface area contributed by atoms with Crippen LogP contribution in [0.1, 0.15) is 32.9 Å². The third kappa shape index (κ3) is 5.09. The second-order valence-electron chi connectivity index (χ2n) is 8.77. The molecule has 1 aromatic carbocycles. The second-order valence-corrected chi connectivity index (χ2v) is 8.77. The lowest BCUT2D eigenvalue weighted by Gasteiger charge is -2.17. The zero-order chi connectivity index (χ0) is 23.6. The van der Waals surface area contributed by atoms with Crippen LogP contribution in [0.4, 0.5) is 0 Å². The Morgan fingerprint density at radius 2 is 2.06 bits per heavy atom. The molecular weight excluding hydrogens is 420 g/mol. The molecule has 9 heteroatoms. The summed E-state index contributed by atoms with van der Waals surface area (Å²) in [5.74, 6) is 1.08. The Balaban J connectivity index is 1.81. The maximum atomic E-state index is 10.2. The van der Waals surface area contributed by atoms with Gasteiger partial charge in [-0.1, -0.05) is 6.07 Å². The number of allylic oxidation sites excluding steroid dienone is 1. The average Bonchev–Trinajstić information content (AvgIpc) is 3.32. The molecule has 1 aliphatic heterocycles. The van der Waals surface area contributed by atoms with E-state index in [0.29, 0.717) is 42.7 Å². The van der Waals surface area contributed by atoms with E-state index >= 15 is 0 Å². The number of aryl methyl sites for hydroxylation is 1. The Hall–Kier alpha value is -3.59. The first-order chi connectivity index (χ1) is 15.7. The van der Waals surface area contributed by atoms with Crippen molar-refractivity contribution in [1.29, 1.82) is 0 Å². The molecule has 3 aromatic rings. The maximum Gasteiger partial charge on any atom is 0.219 e. The molecule has 2 aromatic heterocycles. The van der Waals surface area contributed by atoms with E-state index in [-0.39, 0.29) is 6.54 Å². The standard InChI is InChI=1S/C24H30N6O3/c1-15(25)17-7-9-21-18-12-16(6-8-20(18)28-29-21)19-13-27-30(4)23(19)33-11-5-10-32-22(17)26-14-24(2,3)31/h6-9,12-13,31H,5,10-11,14,25H2,1-4H3,(H,28,29)/b9-7+,17-15-,26-22?. The van der Waals surface area contributed by atoms with E-state index in [0.717, 1.165) is 27.7 Å². The summed E-state index contributed by atoms with van der Waals surface area (Å²) >= 11 is 0. The largest absolute Gasteiger partial charge is 0.477 e. The van der Waals surface area contributed by atoms with E-state index in [4.69, 9.17) is 15.2 Å². The molecule has 174 valence electrons. The van der Waals surface area contributed by atoms with Crippen molar-refractivity contribution in [3.05, 3.63) is 47.4 Å². The highest BCUT2D eigenvalue weighted by atomic mass is 16.5. The van der Waals surface area contributed by atoms with Gasteiger partial charge in [0.25, 0.3) is 0 Å². The van der Waals surface area contributed by atoms with Gasteiger partial charge < -0.3 is 20.3 Å². The Morgan fingerprint density at radius 3 is 2.82 bits per heavy atom. The van der Waals surface area contributed by atoms with Crippen molar-refractivity contribution in [1.82, 2.24) is 20.0 Å². The average molecular weight is 451 g/mol. The van der Waals surface area contributed by atoms with Gasteiger partial charge in [-0.2, -0.15) is 10.2 Å². The second kappa shape index (κ2) is 9.11. The molecule has 4 rings (SSSR count). The van der Waals surface area contributed by atoms with Gasteiger partial charge in [-0.3, -0.25) is 5.10 Å². The molecule has 1 aliphatic rings. The molecule has 4 N–H and O–H groups in total. The Bertz CT molecular complexity index is 1240. The number of fused-ring (bicyclic) bond motifs is 3. The fourth-order valence-electron chi connectivity index (χ4n) is 3.53. The van der Waals surface area contributed by atoms with Crippen LogP contribution in [0.15, 0.2) is 46.7 Å². The Morgan fingerprint density at radius 1 is 1.27 bits per heavy atom. The topological polar surface area (TPSA) is 124 Å². The van der Waals surface area contributed by atoms with Gasteiger partial charge in [0.05, 0.1) is 53.9 Å². The molecule has 0 aliphatic carbocycles. The molecule has 9 nitrogen and oxygen atoms in total. The van der Waals surface area contributed by atoms with Gasteiger partial charge >= 0.3 is 0 Å². The number of ether oxygens (including phenoxy) is 2. The van der Waals surface area contributed by atoms with Crippen LogP contribution >= 0.6 is 0 Å². The summed E-state index contributed by atoms with van der Waals surface area (Å²) in [6.45, 7) is 6.20. The van der Waals surface area contributed by atoms with Crippen LogP contribution in [0.25, 0.3) is 28.1 Å². The lowest BCUT2D eigenvalue weighted by Crippen LogP contribution is -2.25. The SMILES string of the molecule is C/C(N)=C1\C=C\c2[nH]nc3ccc(cc23)-c2cnn(C)c2OCCCOC1=NCC(C)(C)O. The van der Waals surface area contributed by atoms with Crippen LogP contribution in [0, 0.1) is 0 Å². The molecule has 0 saturated heterocycles. The van der Waals surface area contributed by atoms with Gasteiger partial charge in [-0.25, -0.2) is 9.67 Å². The number of hydrogen-bond acceptors (Lipinski definition) is 7. The number of aromatic nitrogens is 4. The zero-order valence-corrected chi connectivity index (χ0v) is 19.4. The highest BCUT2D eigenvalue weighted by Gasteiger charge is 2.17. The summed E-state index contributed by atoms with van der Waals surface area (Å²) < 4.78 is 13.8. The Kier molecular flexibility index (Phi) is 6.24. The van der Waals surface area contributed by atoms with Gasteiger partial charge in [0.2, 0.25) is 11.8 Å².